The number of thiazole rings is 1. The number of hydrogen-bond acceptors (Lipinski definition) is 11. The summed E-state index contributed by atoms with van der Waals surface area (Å²) in [6.07, 6.45) is 5.60. The van der Waals surface area contributed by atoms with E-state index in [2.05, 4.69) is 25.5 Å². The molecular formula is C22H31N7O3S2. The van der Waals surface area contributed by atoms with E-state index < -0.39 is 10.6 Å². The first-order valence-corrected chi connectivity index (χ1v) is 14.3. The van der Waals surface area contributed by atoms with Crippen LogP contribution in [0.25, 0.3) is 10.3 Å². The molecule has 1 aliphatic carbocycles. The third-order valence-electron chi connectivity index (χ3n) is 6.48. The van der Waals surface area contributed by atoms with Gasteiger partial charge in [-0.15, -0.1) is 0 Å². The van der Waals surface area contributed by atoms with Crippen molar-refractivity contribution < 1.29 is 14.2 Å². The van der Waals surface area contributed by atoms with E-state index in [1.807, 2.05) is 25.2 Å². The summed E-state index contributed by atoms with van der Waals surface area (Å²) in [7, 11) is -0.463. The van der Waals surface area contributed by atoms with Gasteiger partial charge in [-0.3, -0.25) is 14.0 Å². The van der Waals surface area contributed by atoms with Gasteiger partial charge in [-0.1, -0.05) is 11.3 Å². The predicted octanol–water partition coefficient (Wildman–Crippen LogP) is 3.90. The lowest BCUT2D eigenvalue weighted by Gasteiger charge is -2.29. The van der Waals surface area contributed by atoms with E-state index in [0.29, 0.717) is 34.9 Å². The van der Waals surface area contributed by atoms with Crippen LogP contribution >= 0.6 is 21.9 Å². The van der Waals surface area contributed by atoms with E-state index in [0.717, 1.165) is 48.1 Å². The molecule has 34 heavy (non-hydrogen) atoms. The van der Waals surface area contributed by atoms with Gasteiger partial charge >= 0.3 is 0 Å². The number of anilines is 3. The van der Waals surface area contributed by atoms with Crippen LogP contribution in [0.3, 0.4) is 0 Å². The molecule has 0 spiro atoms. The Morgan fingerprint density at radius 1 is 1.15 bits per heavy atom. The summed E-state index contributed by atoms with van der Waals surface area (Å²) in [6, 6.07) is 6.05. The molecule has 0 radical (unpaired) electrons. The molecule has 1 saturated heterocycles. The van der Waals surface area contributed by atoms with Crippen molar-refractivity contribution in [3.63, 3.8) is 0 Å². The average molecular weight is 506 g/mol. The Hall–Kier alpha value is -2.09. The van der Waals surface area contributed by atoms with Crippen molar-refractivity contribution in [1.82, 2.24) is 24.8 Å². The van der Waals surface area contributed by atoms with Crippen LogP contribution < -0.4 is 10.6 Å². The van der Waals surface area contributed by atoms with Crippen LogP contribution in [0.5, 0.6) is 0 Å². The Labute approximate surface area is 204 Å². The topological polar surface area (TPSA) is 140 Å². The highest BCUT2D eigenvalue weighted by Crippen LogP contribution is 2.47. The third kappa shape index (κ3) is 5.75. The largest absolute Gasteiger partial charge is 0.393 e. The first-order chi connectivity index (χ1) is 16.3. The highest BCUT2D eigenvalue weighted by atomic mass is 32.3. The fourth-order valence-electron chi connectivity index (χ4n) is 4.57. The summed E-state index contributed by atoms with van der Waals surface area (Å²) in [5.74, 6) is 2.06. The van der Waals surface area contributed by atoms with Gasteiger partial charge < -0.3 is 15.7 Å². The second kappa shape index (κ2) is 9.88. The van der Waals surface area contributed by atoms with Gasteiger partial charge in [0.1, 0.15) is 16.2 Å². The quantitative estimate of drug-likeness (QED) is 0.321. The first kappa shape index (κ1) is 23.6. The molecular weight excluding hydrogens is 474 g/mol. The first-order valence-electron chi connectivity index (χ1n) is 11.6. The summed E-state index contributed by atoms with van der Waals surface area (Å²) in [5.41, 5.74) is 1.67. The van der Waals surface area contributed by atoms with E-state index in [1.54, 1.807) is 6.20 Å². The molecule has 12 heteroatoms. The maximum Gasteiger partial charge on any atom is 0.225 e. The summed E-state index contributed by atoms with van der Waals surface area (Å²) in [5, 5.41) is 17.3. The van der Waals surface area contributed by atoms with Crippen molar-refractivity contribution in [1.29, 1.82) is 0 Å². The number of aliphatic hydroxyl groups is 1. The number of aromatic nitrogens is 4. The number of pyridine rings is 1. The number of nitrogens with zero attached hydrogens (tertiary/aromatic N) is 5. The van der Waals surface area contributed by atoms with Gasteiger partial charge in [-0.2, -0.15) is 15.6 Å². The number of aliphatic hydroxyl groups excluding tert-OH is 1. The van der Waals surface area contributed by atoms with Crippen LogP contribution in [0.4, 0.5) is 16.9 Å². The van der Waals surface area contributed by atoms with Gasteiger partial charge in [0.2, 0.25) is 5.95 Å². The molecule has 4 heterocycles. The zero-order valence-electron chi connectivity index (χ0n) is 19.1. The minimum Gasteiger partial charge on any atom is -0.393 e. The van der Waals surface area contributed by atoms with Crippen LogP contribution in [-0.2, 0) is 6.54 Å². The maximum atomic E-state index is 10.0. The molecule has 1 unspecified atom stereocenters. The SMILES string of the molecule is CN(Cc1cc(Nc2nc3cccnc3s2)nc(N[C@H]2CC[C@H](O)CC2)n1)C1CCS(O)(O)C1. The van der Waals surface area contributed by atoms with Crippen LogP contribution in [0.15, 0.2) is 24.4 Å². The highest BCUT2D eigenvalue weighted by Gasteiger charge is 2.31. The van der Waals surface area contributed by atoms with E-state index in [9.17, 15) is 14.2 Å². The van der Waals surface area contributed by atoms with Crippen molar-refractivity contribution in [2.75, 3.05) is 29.2 Å². The lowest BCUT2D eigenvalue weighted by Crippen LogP contribution is -2.32. The van der Waals surface area contributed by atoms with Crippen LogP contribution in [-0.4, -0.2) is 75.8 Å². The normalized spacial score (nSPS) is 25.5. The Bertz CT molecular complexity index is 1100. The van der Waals surface area contributed by atoms with E-state index in [-0.39, 0.29) is 18.2 Å². The van der Waals surface area contributed by atoms with Crippen LogP contribution in [0.2, 0.25) is 0 Å². The minimum absolute atomic E-state index is 0.114. The summed E-state index contributed by atoms with van der Waals surface area (Å²) < 4.78 is 20.1. The number of nitrogens with one attached hydrogen (secondary N) is 2. The number of hydrogen-bond donors (Lipinski definition) is 5. The zero-order valence-corrected chi connectivity index (χ0v) is 20.7. The summed E-state index contributed by atoms with van der Waals surface area (Å²) in [6.45, 7) is 0.566. The van der Waals surface area contributed by atoms with E-state index >= 15 is 0 Å². The molecule has 5 rings (SSSR count). The molecule has 0 bridgehead atoms. The van der Waals surface area contributed by atoms with Gasteiger partial charge in [0.05, 0.1) is 17.6 Å². The minimum atomic E-state index is -2.46. The molecule has 1 aliphatic heterocycles. The summed E-state index contributed by atoms with van der Waals surface area (Å²) in [4.78, 5) is 21.4. The fourth-order valence-corrected chi connectivity index (χ4v) is 7.24. The molecule has 3 aromatic heterocycles. The highest BCUT2D eigenvalue weighted by molar-refractivity contribution is 8.24. The molecule has 1 atom stereocenters. The van der Waals surface area contributed by atoms with Gasteiger partial charge in [0, 0.05) is 36.6 Å². The zero-order chi connectivity index (χ0) is 23.7. The maximum absolute atomic E-state index is 10.0. The second-order valence-corrected chi connectivity index (χ2v) is 12.5. The lowest BCUT2D eigenvalue weighted by atomic mass is 9.93. The molecule has 10 nitrogen and oxygen atoms in total. The second-order valence-electron chi connectivity index (χ2n) is 9.22. The van der Waals surface area contributed by atoms with Crippen molar-refractivity contribution in [2.24, 2.45) is 0 Å². The Morgan fingerprint density at radius 2 is 1.97 bits per heavy atom. The van der Waals surface area contributed by atoms with E-state index in [1.165, 1.54) is 11.3 Å². The molecule has 0 aromatic carbocycles. The van der Waals surface area contributed by atoms with Crippen molar-refractivity contribution in [3.8, 4) is 0 Å². The van der Waals surface area contributed by atoms with Crippen molar-refractivity contribution >= 4 is 49.2 Å². The molecule has 5 N–H and O–H groups in total. The molecule has 0 amide bonds. The van der Waals surface area contributed by atoms with Gasteiger partial charge in [0.25, 0.3) is 0 Å². The predicted molar refractivity (Wildman–Crippen MR) is 137 cm³/mol. The Morgan fingerprint density at radius 3 is 2.71 bits per heavy atom. The number of rotatable bonds is 7. The monoisotopic (exact) mass is 505 g/mol. The molecule has 184 valence electrons. The number of fused-ring (bicyclic) bond motifs is 1. The molecule has 3 aromatic rings. The Balaban J connectivity index is 1.36. The third-order valence-corrected chi connectivity index (χ3v) is 9.19. The van der Waals surface area contributed by atoms with Gasteiger partial charge in [-0.25, -0.2) is 15.0 Å². The summed E-state index contributed by atoms with van der Waals surface area (Å²) >= 11 is 1.47. The van der Waals surface area contributed by atoms with Gasteiger partial charge in [-0.05, 0) is 51.3 Å². The molecule has 1 saturated carbocycles. The van der Waals surface area contributed by atoms with Crippen molar-refractivity contribution in [2.45, 2.75) is 56.8 Å². The standard InChI is InChI=1S/C22H31N7O3S2/c1-29(16-8-10-34(31,32)13-16)12-15-11-19(28-22-26-18-3-2-9-23-20(18)33-22)27-21(25-15)24-14-4-6-17(30)7-5-14/h2-3,9,11,14,16-17,30-32H,4-8,10,12-13H2,1H3,(H2,24,25,26,27,28)/t14-,16?,17-. The van der Waals surface area contributed by atoms with Crippen LogP contribution in [0, 0.1) is 0 Å². The lowest BCUT2D eigenvalue weighted by molar-refractivity contribution is 0.126. The van der Waals surface area contributed by atoms with Crippen LogP contribution in [0.1, 0.15) is 37.8 Å². The average Bonchev–Trinajstić information content (AvgIpc) is 3.37. The van der Waals surface area contributed by atoms with Gasteiger partial charge in [0.15, 0.2) is 5.13 Å². The van der Waals surface area contributed by atoms with E-state index in [4.69, 9.17) is 9.97 Å². The molecule has 2 aliphatic rings. The van der Waals surface area contributed by atoms with Crippen molar-refractivity contribution in [3.05, 3.63) is 30.1 Å². The Kier molecular flexibility index (Phi) is 6.87. The molecule has 2 fully saturated rings. The smallest absolute Gasteiger partial charge is 0.225 e. The fraction of sp³-hybridized carbons (Fsp3) is 0.545.